The maximum absolute atomic E-state index is 13.4. The molecule has 1 unspecified atom stereocenters. The standard InChI is InChI=1S/C21H23N3O3S/c1-23(13-16-9-6-12-28-16)18(25)14-24-19(26)21(22-20(24)27)11-5-4-8-15-7-2-3-10-17(15)21/h2-3,6-7,9-10,12H,4-5,8,11,13-14H2,1H3,(H,22,27). The van der Waals surface area contributed by atoms with Gasteiger partial charge in [-0.2, -0.15) is 0 Å². The number of urea groups is 1. The summed E-state index contributed by atoms with van der Waals surface area (Å²) in [7, 11) is 1.69. The van der Waals surface area contributed by atoms with Crippen molar-refractivity contribution in [1.82, 2.24) is 15.1 Å². The first-order chi connectivity index (χ1) is 13.5. The molecule has 4 amide bonds. The Hall–Kier alpha value is -2.67. The van der Waals surface area contributed by atoms with Crippen LogP contribution in [0.25, 0.3) is 0 Å². The summed E-state index contributed by atoms with van der Waals surface area (Å²) in [6.45, 7) is 0.227. The monoisotopic (exact) mass is 397 g/mol. The lowest BCUT2D eigenvalue weighted by Gasteiger charge is -2.27. The van der Waals surface area contributed by atoms with Gasteiger partial charge in [0.25, 0.3) is 5.91 Å². The molecule has 1 N–H and O–H groups in total. The van der Waals surface area contributed by atoms with E-state index in [1.54, 1.807) is 23.3 Å². The number of benzene rings is 1. The first-order valence-electron chi connectivity index (χ1n) is 9.50. The number of carbonyl (C=O) groups excluding carboxylic acids is 3. The fraction of sp³-hybridized carbons (Fsp3) is 0.381. The lowest BCUT2D eigenvalue weighted by molar-refractivity contribution is -0.139. The molecule has 1 spiro atoms. The molecule has 146 valence electrons. The lowest BCUT2D eigenvalue weighted by Crippen LogP contribution is -2.45. The van der Waals surface area contributed by atoms with Gasteiger partial charge in [0.05, 0.1) is 6.54 Å². The topological polar surface area (TPSA) is 69.7 Å². The van der Waals surface area contributed by atoms with Gasteiger partial charge in [0, 0.05) is 11.9 Å². The van der Waals surface area contributed by atoms with Crippen LogP contribution in [0, 0.1) is 0 Å². The molecule has 6 nitrogen and oxygen atoms in total. The van der Waals surface area contributed by atoms with Crippen LogP contribution in [0.2, 0.25) is 0 Å². The molecule has 1 aromatic carbocycles. The van der Waals surface area contributed by atoms with Gasteiger partial charge in [0.2, 0.25) is 5.91 Å². The van der Waals surface area contributed by atoms with Crippen molar-refractivity contribution in [3.05, 3.63) is 57.8 Å². The molecular weight excluding hydrogens is 374 g/mol. The molecule has 4 rings (SSSR count). The third kappa shape index (κ3) is 3.20. The van der Waals surface area contributed by atoms with Gasteiger partial charge in [0.1, 0.15) is 12.1 Å². The number of imide groups is 1. The zero-order chi connectivity index (χ0) is 19.7. The van der Waals surface area contributed by atoms with Gasteiger partial charge < -0.3 is 10.2 Å². The van der Waals surface area contributed by atoms with Crippen LogP contribution >= 0.6 is 11.3 Å². The molecule has 2 aliphatic rings. The molecule has 2 heterocycles. The number of thiophene rings is 1. The Morgan fingerprint density at radius 3 is 2.82 bits per heavy atom. The maximum Gasteiger partial charge on any atom is 0.325 e. The Kier molecular flexibility index (Phi) is 4.93. The molecule has 0 radical (unpaired) electrons. The van der Waals surface area contributed by atoms with Crippen LogP contribution in [0.15, 0.2) is 41.8 Å². The van der Waals surface area contributed by atoms with Crippen molar-refractivity contribution in [2.45, 2.75) is 37.8 Å². The van der Waals surface area contributed by atoms with E-state index in [9.17, 15) is 14.4 Å². The molecule has 1 saturated heterocycles. The smallest absolute Gasteiger partial charge is 0.325 e. The predicted molar refractivity (Wildman–Crippen MR) is 107 cm³/mol. The highest BCUT2D eigenvalue weighted by atomic mass is 32.1. The number of hydrogen-bond donors (Lipinski definition) is 1. The van der Waals surface area contributed by atoms with Crippen LogP contribution in [0.5, 0.6) is 0 Å². The second kappa shape index (κ2) is 7.39. The summed E-state index contributed by atoms with van der Waals surface area (Å²) in [4.78, 5) is 42.4. The molecule has 28 heavy (non-hydrogen) atoms. The van der Waals surface area contributed by atoms with Crippen molar-refractivity contribution < 1.29 is 14.4 Å². The lowest BCUT2D eigenvalue weighted by atomic mass is 9.84. The summed E-state index contributed by atoms with van der Waals surface area (Å²) in [6.07, 6.45) is 3.28. The fourth-order valence-corrected chi connectivity index (χ4v) is 4.85. The molecule has 1 aliphatic carbocycles. The van der Waals surface area contributed by atoms with E-state index < -0.39 is 11.6 Å². The van der Waals surface area contributed by atoms with E-state index in [4.69, 9.17) is 0 Å². The largest absolute Gasteiger partial charge is 0.339 e. The molecule has 0 bridgehead atoms. The molecule has 2 aromatic rings. The van der Waals surface area contributed by atoms with E-state index in [-0.39, 0.29) is 18.4 Å². The fourth-order valence-electron chi connectivity index (χ4n) is 4.10. The number of carbonyl (C=O) groups is 3. The molecular formula is C21H23N3O3S. The molecule has 7 heteroatoms. The quantitative estimate of drug-likeness (QED) is 0.807. The van der Waals surface area contributed by atoms with Crippen molar-refractivity contribution in [2.75, 3.05) is 13.6 Å². The number of aryl methyl sites for hydroxylation is 1. The summed E-state index contributed by atoms with van der Waals surface area (Å²) >= 11 is 1.57. The number of nitrogens with one attached hydrogen (secondary N) is 1. The van der Waals surface area contributed by atoms with Crippen molar-refractivity contribution in [2.24, 2.45) is 0 Å². The highest BCUT2D eigenvalue weighted by Crippen LogP contribution is 2.38. The summed E-state index contributed by atoms with van der Waals surface area (Å²) < 4.78 is 0. The minimum absolute atomic E-state index is 0.240. The average molecular weight is 398 g/mol. The van der Waals surface area contributed by atoms with Gasteiger partial charge in [-0.15, -0.1) is 11.3 Å². The van der Waals surface area contributed by atoms with Crippen LogP contribution in [0.1, 0.15) is 35.3 Å². The second-order valence-corrected chi connectivity index (χ2v) is 8.45. The highest BCUT2D eigenvalue weighted by molar-refractivity contribution is 7.09. The van der Waals surface area contributed by atoms with Gasteiger partial charge in [-0.05, 0) is 48.3 Å². The Labute approximate surface area is 168 Å². The molecule has 0 saturated carbocycles. The zero-order valence-corrected chi connectivity index (χ0v) is 16.6. The van der Waals surface area contributed by atoms with Crippen LogP contribution < -0.4 is 5.32 Å². The SMILES string of the molecule is CN(Cc1cccs1)C(=O)CN1C(=O)NC2(CCCCc3ccccc32)C1=O. The van der Waals surface area contributed by atoms with Gasteiger partial charge in [-0.3, -0.25) is 14.5 Å². The minimum Gasteiger partial charge on any atom is -0.339 e. The van der Waals surface area contributed by atoms with Crippen LogP contribution in [0.3, 0.4) is 0 Å². The number of rotatable bonds is 4. The van der Waals surface area contributed by atoms with E-state index in [1.807, 2.05) is 41.8 Å². The van der Waals surface area contributed by atoms with Gasteiger partial charge in [-0.25, -0.2) is 4.79 Å². The maximum atomic E-state index is 13.4. The van der Waals surface area contributed by atoms with Gasteiger partial charge >= 0.3 is 6.03 Å². The van der Waals surface area contributed by atoms with E-state index >= 15 is 0 Å². The van der Waals surface area contributed by atoms with Crippen molar-refractivity contribution in [1.29, 1.82) is 0 Å². The third-order valence-corrected chi connectivity index (χ3v) is 6.45. The van der Waals surface area contributed by atoms with E-state index in [0.717, 1.165) is 40.2 Å². The Morgan fingerprint density at radius 1 is 1.21 bits per heavy atom. The molecule has 1 aromatic heterocycles. The predicted octanol–water partition coefficient (Wildman–Crippen LogP) is 2.88. The number of likely N-dealkylation sites (N-methyl/N-ethyl adjacent to an activating group) is 1. The number of fused-ring (bicyclic) bond motifs is 2. The second-order valence-electron chi connectivity index (χ2n) is 7.42. The van der Waals surface area contributed by atoms with E-state index in [1.165, 1.54) is 0 Å². The Balaban J connectivity index is 1.55. The summed E-state index contributed by atoms with van der Waals surface area (Å²) in [5, 5.41) is 4.88. The number of hydrogen-bond acceptors (Lipinski definition) is 4. The van der Waals surface area contributed by atoms with Crippen molar-refractivity contribution in [3.63, 3.8) is 0 Å². The number of nitrogens with zero attached hydrogens (tertiary/aromatic N) is 2. The van der Waals surface area contributed by atoms with E-state index in [0.29, 0.717) is 13.0 Å². The summed E-state index contributed by atoms with van der Waals surface area (Å²) in [5.41, 5.74) is 0.918. The summed E-state index contributed by atoms with van der Waals surface area (Å²) in [6, 6.07) is 11.2. The zero-order valence-electron chi connectivity index (χ0n) is 15.8. The molecule has 1 aliphatic heterocycles. The van der Waals surface area contributed by atoms with Crippen LogP contribution in [-0.2, 0) is 28.1 Å². The van der Waals surface area contributed by atoms with Gasteiger partial charge in [-0.1, -0.05) is 30.3 Å². The first kappa shape index (κ1) is 18.7. The average Bonchev–Trinajstić information content (AvgIpc) is 3.22. The third-order valence-electron chi connectivity index (χ3n) is 5.59. The summed E-state index contributed by atoms with van der Waals surface area (Å²) in [5.74, 6) is -0.569. The molecule has 1 fully saturated rings. The normalized spacial score (nSPS) is 21.4. The van der Waals surface area contributed by atoms with Crippen LogP contribution in [-0.4, -0.2) is 41.2 Å². The van der Waals surface area contributed by atoms with Crippen molar-refractivity contribution in [3.8, 4) is 0 Å². The highest BCUT2D eigenvalue weighted by Gasteiger charge is 2.53. The van der Waals surface area contributed by atoms with E-state index in [2.05, 4.69) is 5.32 Å². The Bertz CT molecular complexity index is 911. The van der Waals surface area contributed by atoms with Gasteiger partial charge in [0.15, 0.2) is 0 Å². The Morgan fingerprint density at radius 2 is 2.04 bits per heavy atom. The number of amides is 4. The first-order valence-corrected chi connectivity index (χ1v) is 10.4. The molecule has 1 atom stereocenters. The minimum atomic E-state index is -1.04. The van der Waals surface area contributed by atoms with Crippen molar-refractivity contribution >= 4 is 29.2 Å². The van der Waals surface area contributed by atoms with Crippen LogP contribution in [0.4, 0.5) is 4.79 Å².